The van der Waals surface area contributed by atoms with Gasteiger partial charge in [-0.25, -0.2) is 0 Å². The topological polar surface area (TPSA) is 38.3 Å². The summed E-state index contributed by atoms with van der Waals surface area (Å²) in [5, 5.41) is 3.58. The lowest BCUT2D eigenvalue weighted by atomic mass is 9.85. The first-order valence-electron chi connectivity index (χ1n) is 7.60. The van der Waals surface area contributed by atoms with Crippen LogP contribution in [0.25, 0.3) is 0 Å². The molecule has 1 saturated carbocycles. The first-order chi connectivity index (χ1) is 9.58. The Morgan fingerprint density at radius 2 is 1.95 bits per heavy atom. The molecule has 3 heteroatoms. The van der Waals surface area contributed by atoms with Gasteiger partial charge in [-0.3, -0.25) is 4.79 Å². The van der Waals surface area contributed by atoms with Gasteiger partial charge in [-0.05, 0) is 63.3 Å². The van der Waals surface area contributed by atoms with Crippen molar-refractivity contribution in [3.63, 3.8) is 0 Å². The standard InChI is InChI=1S/C17H25NO2/c1-4-20-17(19)14-6-5-7-15(11-14)18-16-9-12(2)8-13(3)10-16/h8-10,14-15,18H,4-7,11H2,1-3H3. The van der Waals surface area contributed by atoms with Crippen LogP contribution in [0.5, 0.6) is 0 Å². The molecule has 1 fully saturated rings. The summed E-state index contributed by atoms with van der Waals surface area (Å²) in [5.41, 5.74) is 3.70. The van der Waals surface area contributed by atoms with Crippen LogP contribution in [-0.4, -0.2) is 18.6 Å². The average Bonchev–Trinajstić information content (AvgIpc) is 2.38. The van der Waals surface area contributed by atoms with Gasteiger partial charge in [-0.2, -0.15) is 0 Å². The van der Waals surface area contributed by atoms with Crippen LogP contribution in [0, 0.1) is 19.8 Å². The van der Waals surface area contributed by atoms with Crippen molar-refractivity contribution in [2.75, 3.05) is 11.9 Å². The Kier molecular flexibility index (Phi) is 5.05. The fourth-order valence-corrected chi connectivity index (χ4v) is 3.09. The minimum absolute atomic E-state index is 0.0283. The van der Waals surface area contributed by atoms with Crippen molar-refractivity contribution >= 4 is 11.7 Å². The molecule has 2 unspecified atom stereocenters. The zero-order valence-corrected chi connectivity index (χ0v) is 12.7. The summed E-state index contributed by atoms with van der Waals surface area (Å²) in [6, 6.07) is 6.88. The van der Waals surface area contributed by atoms with Crippen molar-refractivity contribution in [2.45, 2.75) is 52.5 Å². The maximum Gasteiger partial charge on any atom is 0.308 e. The molecule has 20 heavy (non-hydrogen) atoms. The van der Waals surface area contributed by atoms with Crippen molar-refractivity contribution in [1.82, 2.24) is 0 Å². The van der Waals surface area contributed by atoms with Gasteiger partial charge in [-0.1, -0.05) is 12.5 Å². The molecule has 1 aliphatic carbocycles. The summed E-state index contributed by atoms with van der Waals surface area (Å²) in [6.07, 6.45) is 4.06. The summed E-state index contributed by atoms with van der Waals surface area (Å²) in [4.78, 5) is 11.9. The summed E-state index contributed by atoms with van der Waals surface area (Å²) in [6.45, 7) is 6.57. The molecule has 110 valence electrons. The monoisotopic (exact) mass is 275 g/mol. The molecule has 0 amide bonds. The molecule has 2 rings (SSSR count). The highest BCUT2D eigenvalue weighted by atomic mass is 16.5. The molecule has 2 atom stereocenters. The highest BCUT2D eigenvalue weighted by Gasteiger charge is 2.28. The third-order valence-electron chi connectivity index (χ3n) is 3.89. The summed E-state index contributed by atoms with van der Waals surface area (Å²) < 4.78 is 5.15. The molecule has 0 heterocycles. The number of hydrogen-bond acceptors (Lipinski definition) is 3. The molecule has 1 N–H and O–H groups in total. The van der Waals surface area contributed by atoms with Crippen LogP contribution in [0.2, 0.25) is 0 Å². The molecule has 0 spiro atoms. The Balaban J connectivity index is 1.97. The number of carbonyl (C=O) groups excluding carboxylic acids is 1. The van der Waals surface area contributed by atoms with Crippen LogP contribution in [0.4, 0.5) is 5.69 Å². The van der Waals surface area contributed by atoms with E-state index in [4.69, 9.17) is 4.74 Å². The van der Waals surface area contributed by atoms with Crippen molar-refractivity contribution < 1.29 is 9.53 Å². The largest absolute Gasteiger partial charge is 0.466 e. The minimum atomic E-state index is -0.0283. The van der Waals surface area contributed by atoms with Crippen LogP contribution < -0.4 is 5.32 Å². The zero-order chi connectivity index (χ0) is 14.5. The number of anilines is 1. The molecule has 0 saturated heterocycles. The van der Waals surface area contributed by atoms with Gasteiger partial charge in [0.15, 0.2) is 0 Å². The normalized spacial score (nSPS) is 22.4. The van der Waals surface area contributed by atoms with E-state index in [0.29, 0.717) is 12.6 Å². The number of carbonyl (C=O) groups is 1. The van der Waals surface area contributed by atoms with E-state index in [-0.39, 0.29) is 11.9 Å². The van der Waals surface area contributed by atoms with Gasteiger partial charge in [0, 0.05) is 11.7 Å². The van der Waals surface area contributed by atoms with Crippen molar-refractivity contribution in [3.8, 4) is 0 Å². The van der Waals surface area contributed by atoms with Crippen molar-refractivity contribution in [3.05, 3.63) is 29.3 Å². The first-order valence-corrected chi connectivity index (χ1v) is 7.60. The second kappa shape index (κ2) is 6.78. The summed E-state index contributed by atoms with van der Waals surface area (Å²) >= 11 is 0. The van der Waals surface area contributed by atoms with E-state index >= 15 is 0 Å². The lowest BCUT2D eigenvalue weighted by Gasteiger charge is -2.29. The van der Waals surface area contributed by atoms with Gasteiger partial charge in [-0.15, -0.1) is 0 Å². The molecule has 0 bridgehead atoms. The lowest BCUT2D eigenvalue weighted by Crippen LogP contribution is -2.32. The smallest absolute Gasteiger partial charge is 0.308 e. The van der Waals surface area contributed by atoms with E-state index in [1.54, 1.807) is 0 Å². The fourth-order valence-electron chi connectivity index (χ4n) is 3.09. The highest BCUT2D eigenvalue weighted by Crippen LogP contribution is 2.28. The Bertz CT molecular complexity index is 450. The Morgan fingerprint density at radius 3 is 2.60 bits per heavy atom. The molecule has 1 aromatic carbocycles. The number of nitrogens with one attached hydrogen (secondary N) is 1. The van der Waals surface area contributed by atoms with Crippen molar-refractivity contribution in [1.29, 1.82) is 0 Å². The van der Waals surface area contributed by atoms with Gasteiger partial charge in [0.1, 0.15) is 0 Å². The van der Waals surface area contributed by atoms with E-state index in [1.165, 1.54) is 11.1 Å². The minimum Gasteiger partial charge on any atom is -0.466 e. The Morgan fingerprint density at radius 1 is 1.25 bits per heavy atom. The molecule has 0 aliphatic heterocycles. The Hall–Kier alpha value is -1.51. The average molecular weight is 275 g/mol. The second-order valence-corrected chi connectivity index (χ2v) is 5.83. The summed E-state index contributed by atoms with van der Waals surface area (Å²) in [5.74, 6) is 0.0338. The van der Waals surface area contributed by atoms with Crippen molar-refractivity contribution in [2.24, 2.45) is 5.92 Å². The third-order valence-corrected chi connectivity index (χ3v) is 3.89. The first kappa shape index (κ1) is 14.9. The highest BCUT2D eigenvalue weighted by molar-refractivity contribution is 5.72. The van der Waals surface area contributed by atoms with Gasteiger partial charge >= 0.3 is 5.97 Å². The number of ether oxygens (including phenoxy) is 1. The number of benzene rings is 1. The van der Waals surface area contributed by atoms with Crippen LogP contribution in [0.3, 0.4) is 0 Å². The summed E-state index contributed by atoms with van der Waals surface area (Å²) in [7, 11) is 0. The van der Waals surface area contributed by atoms with E-state index < -0.39 is 0 Å². The number of rotatable bonds is 4. The van der Waals surface area contributed by atoms with E-state index in [2.05, 4.69) is 37.4 Å². The Labute approximate surface area is 121 Å². The van der Waals surface area contributed by atoms with E-state index in [1.807, 2.05) is 6.92 Å². The van der Waals surface area contributed by atoms with Crippen LogP contribution >= 0.6 is 0 Å². The predicted molar refractivity (Wildman–Crippen MR) is 81.9 cm³/mol. The molecular formula is C17H25NO2. The number of esters is 1. The zero-order valence-electron chi connectivity index (χ0n) is 12.7. The SMILES string of the molecule is CCOC(=O)C1CCCC(Nc2cc(C)cc(C)c2)C1. The predicted octanol–water partition coefficient (Wildman–Crippen LogP) is 3.84. The maximum atomic E-state index is 11.9. The number of aryl methyl sites for hydroxylation is 2. The molecule has 1 aromatic rings. The third kappa shape index (κ3) is 3.99. The quantitative estimate of drug-likeness (QED) is 0.849. The molecule has 1 aliphatic rings. The molecular weight excluding hydrogens is 250 g/mol. The van der Waals surface area contributed by atoms with Gasteiger partial charge < -0.3 is 10.1 Å². The van der Waals surface area contributed by atoms with Crippen LogP contribution in [-0.2, 0) is 9.53 Å². The lowest BCUT2D eigenvalue weighted by molar-refractivity contribution is -0.149. The fraction of sp³-hybridized carbons (Fsp3) is 0.588. The molecule has 3 nitrogen and oxygen atoms in total. The molecule has 0 aromatic heterocycles. The van der Waals surface area contributed by atoms with Gasteiger partial charge in [0.25, 0.3) is 0 Å². The van der Waals surface area contributed by atoms with Crippen LogP contribution in [0.1, 0.15) is 43.7 Å². The second-order valence-electron chi connectivity index (χ2n) is 5.83. The van der Waals surface area contributed by atoms with Gasteiger partial charge in [0.2, 0.25) is 0 Å². The van der Waals surface area contributed by atoms with E-state index in [0.717, 1.165) is 31.4 Å². The van der Waals surface area contributed by atoms with E-state index in [9.17, 15) is 4.79 Å². The number of hydrogen-bond donors (Lipinski definition) is 1. The maximum absolute atomic E-state index is 11.9. The molecule has 0 radical (unpaired) electrons. The van der Waals surface area contributed by atoms with Gasteiger partial charge in [0.05, 0.1) is 12.5 Å². The van der Waals surface area contributed by atoms with Crippen LogP contribution in [0.15, 0.2) is 18.2 Å².